The summed E-state index contributed by atoms with van der Waals surface area (Å²) in [4.78, 5) is 0. The second-order valence-electron chi connectivity index (χ2n) is 5.85. The predicted octanol–water partition coefficient (Wildman–Crippen LogP) is 5.60. The summed E-state index contributed by atoms with van der Waals surface area (Å²) >= 11 is 0. The summed E-state index contributed by atoms with van der Waals surface area (Å²) in [7, 11) is 0. The molecule has 1 aliphatic heterocycles. The van der Waals surface area contributed by atoms with Crippen LogP contribution in [0.1, 0.15) is 58.6 Å². The van der Waals surface area contributed by atoms with Crippen molar-refractivity contribution in [2.24, 2.45) is 0 Å². The monoisotopic (exact) mass is 339 g/mol. The van der Waals surface area contributed by atoms with Crippen molar-refractivity contribution in [1.29, 1.82) is 0 Å². The molecular formula is C23H33NO. The summed E-state index contributed by atoms with van der Waals surface area (Å²) in [6.07, 6.45) is 4.80. The van der Waals surface area contributed by atoms with Gasteiger partial charge in [-0.2, -0.15) is 0 Å². The van der Waals surface area contributed by atoms with Gasteiger partial charge in [0.1, 0.15) is 11.5 Å². The zero-order valence-electron chi connectivity index (χ0n) is 16.7. The molecule has 0 amide bonds. The van der Waals surface area contributed by atoms with Crippen LogP contribution in [0.4, 0.5) is 5.69 Å². The molecule has 0 aromatic heterocycles. The van der Waals surface area contributed by atoms with E-state index in [0.717, 1.165) is 39.7 Å². The van der Waals surface area contributed by atoms with Gasteiger partial charge in [0.25, 0.3) is 0 Å². The van der Waals surface area contributed by atoms with Crippen LogP contribution in [0, 0.1) is 6.92 Å². The number of rotatable bonds is 3. The summed E-state index contributed by atoms with van der Waals surface area (Å²) in [6.45, 7) is 17.4. The van der Waals surface area contributed by atoms with E-state index in [2.05, 4.69) is 57.8 Å². The minimum Gasteiger partial charge on any atom is -0.456 e. The summed E-state index contributed by atoms with van der Waals surface area (Å²) in [6, 6.07) is 10.3. The van der Waals surface area contributed by atoms with Gasteiger partial charge < -0.3 is 10.1 Å². The molecule has 1 heterocycles. The number of hydrogen-bond donors (Lipinski definition) is 1. The Morgan fingerprint density at radius 2 is 1.64 bits per heavy atom. The van der Waals surface area contributed by atoms with Crippen molar-refractivity contribution in [2.75, 3.05) is 11.9 Å². The maximum absolute atomic E-state index is 5.99. The van der Waals surface area contributed by atoms with Crippen LogP contribution in [0.2, 0.25) is 0 Å². The number of fused-ring (bicyclic) bond motifs is 2. The molecule has 3 rings (SSSR count). The third-order valence-electron chi connectivity index (χ3n) is 3.83. The van der Waals surface area contributed by atoms with Crippen LogP contribution < -0.4 is 20.5 Å². The van der Waals surface area contributed by atoms with E-state index >= 15 is 0 Å². The summed E-state index contributed by atoms with van der Waals surface area (Å²) in [5, 5.41) is 5.43. The Labute approximate surface area is 153 Å². The van der Waals surface area contributed by atoms with Gasteiger partial charge in [-0.05, 0) is 42.8 Å². The van der Waals surface area contributed by atoms with Crippen LogP contribution in [0.5, 0.6) is 11.5 Å². The molecule has 2 aromatic rings. The SMILES string of the molecule is C=c1ccc2c(c1)Oc1cc(NCC)c(C)cc1C=2.CC.CCCC. The topological polar surface area (TPSA) is 21.3 Å². The first-order valence-electron chi connectivity index (χ1n) is 9.46. The average Bonchev–Trinajstić information content (AvgIpc) is 2.63. The van der Waals surface area contributed by atoms with E-state index in [1.807, 2.05) is 32.0 Å². The van der Waals surface area contributed by atoms with Gasteiger partial charge in [0.15, 0.2) is 0 Å². The van der Waals surface area contributed by atoms with Gasteiger partial charge in [-0.1, -0.05) is 59.2 Å². The first-order chi connectivity index (χ1) is 12.1. The van der Waals surface area contributed by atoms with Crippen molar-refractivity contribution in [3.8, 4) is 11.5 Å². The van der Waals surface area contributed by atoms with Gasteiger partial charge >= 0.3 is 0 Å². The largest absolute Gasteiger partial charge is 0.456 e. The van der Waals surface area contributed by atoms with Crippen molar-refractivity contribution >= 4 is 18.3 Å². The van der Waals surface area contributed by atoms with Gasteiger partial charge in [0.2, 0.25) is 0 Å². The fraction of sp³-hybridized carbons (Fsp3) is 0.391. The Morgan fingerprint density at radius 3 is 2.24 bits per heavy atom. The lowest BCUT2D eigenvalue weighted by molar-refractivity contribution is 0.473. The van der Waals surface area contributed by atoms with E-state index in [-0.39, 0.29) is 0 Å². The molecule has 1 aliphatic rings. The Balaban J connectivity index is 0.000000461. The van der Waals surface area contributed by atoms with Gasteiger partial charge in [0, 0.05) is 29.1 Å². The van der Waals surface area contributed by atoms with Crippen LogP contribution in [-0.2, 0) is 0 Å². The standard InChI is InChI=1S/C17H17NO.C4H10.C2H6/c1-4-18-15-10-17-14(8-12(15)3)9-13-6-5-11(2)7-16(13)19-17;1-3-4-2;1-2/h5-10,18H,2,4H2,1,3H3;3-4H2,1-2H3;1-2H3. The number of anilines is 1. The first-order valence-corrected chi connectivity index (χ1v) is 9.46. The number of aryl methyl sites for hydroxylation is 1. The lowest BCUT2D eigenvalue weighted by atomic mass is 10.0. The van der Waals surface area contributed by atoms with Crippen molar-refractivity contribution < 1.29 is 4.74 Å². The molecule has 0 aliphatic carbocycles. The fourth-order valence-electron chi connectivity index (χ4n) is 2.36. The molecule has 0 unspecified atom stereocenters. The maximum atomic E-state index is 5.99. The zero-order chi connectivity index (χ0) is 18.8. The van der Waals surface area contributed by atoms with Crippen molar-refractivity contribution in [3.05, 3.63) is 51.9 Å². The molecular weight excluding hydrogens is 306 g/mol. The summed E-state index contributed by atoms with van der Waals surface area (Å²) in [5.74, 6) is 1.78. The summed E-state index contributed by atoms with van der Waals surface area (Å²) < 4.78 is 5.99. The molecule has 0 radical (unpaired) electrons. The lowest BCUT2D eigenvalue weighted by Gasteiger charge is -2.18. The lowest BCUT2D eigenvalue weighted by Crippen LogP contribution is -2.14. The van der Waals surface area contributed by atoms with Gasteiger partial charge in [-0.25, -0.2) is 0 Å². The molecule has 0 spiro atoms. The molecule has 0 atom stereocenters. The molecule has 0 saturated carbocycles. The number of nitrogens with one attached hydrogen (secondary N) is 1. The highest BCUT2D eigenvalue weighted by Crippen LogP contribution is 2.32. The average molecular weight is 340 g/mol. The van der Waals surface area contributed by atoms with Gasteiger partial charge in [-0.15, -0.1) is 0 Å². The molecule has 2 heteroatoms. The maximum Gasteiger partial charge on any atom is 0.136 e. The van der Waals surface area contributed by atoms with Gasteiger partial charge in [0.05, 0.1) is 0 Å². The third-order valence-corrected chi connectivity index (χ3v) is 3.83. The Morgan fingerprint density at radius 1 is 0.960 bits per heavy atom. The van der Waals surface area contributed by atoms with Crippen LogP contribution in [-0.4, -0.2) is 6.54 Å². The normalized spacial score (nSPS) is 10.5. The molecule has 1 N–H and O–H groups in total. The zero-order valence-corrected chi connectivity index (χ0v) is 16.7. The summed E-state index contributed by atoms with van der Waals surface area (Å²) in [5.41, 5.74) is 3.49. The van der Waals surface area contributed by atoms with E-state index in [0.29, 0.717) is 0 Å². The Hall–Kier alpha value is -2.22. The number of hydrogen-bond acceptors (Lipinski definition) is 2. The van der Waals surface area contributed by atoms with E-state index in [4.69, 9.17) is 4.74 Å². The molecule has 2 nitrogen and oxygen atoms in total. The molecule has 0 bridgehead atoms. The second-order valence-corrected chi connectivity index (χ2v) is 5.85. The molecule has 2 aromatic carbocycles. The highest BCUT2D eigenvalue weighted by atomic mass is 16.5. The second kappa shape index (κ2) is 10.6. The number of unbranched alkanes of at least 4 members (excludes halogenated alkanes) is 1. The third kappa shape index (κ3) is 5.67. The smallest absolute Gasteiger partial charge is 0.136 e. The highest BCUT2D eigenvalue weighted by Gasteiger charge is 2.12. The van der Waals surface area contributed by atoms with E-state index in [9.17, 15) is 0 Å². The Kier molecular flexibility index (Phi) is 8.83. The van der Waals surface area contributed by atoms with Crippen molar-refractivity contribution in [2.45, 2.75) is 54.4 Å². The highest BCUT2D eigenvalue weighted by molar-refractivity contribution is 5.69. The fourth-order valence-corrected chi connectivity index (χ4v) is 2.36. The van der Waals surface area contributed by atoms with Crippen molar-refractivity contribution in [3.63, 3.8) is 0 Å². The van der Waals surface area contributed by atoms with Crippen LogP contribution in [0.25, 0.3) is 12.7 Å². The van der Waals surface area contributed by atoms with Crippen LogP contribution in [0.15, 0.2) is 30.3 Å². The quantitative estimate of drug-likeness (QED) is 0.670. The van der Waals surface area contributed by atoms with Crippen molar-refractivity contribution in [1.82, 2.24) is 0 Å². The molecule has 25 heavy (non-hydrogen) atoms. The molecule has 0 fully saturated rings. The van der Waals surface area contributed by atoms with Gasteiger partial charge in [-0.3, -0.25) is 0 Å². The predicted molar refractivity (Wildman–Crippen MR) is 112 cm³/mol. The van der Waals surface area contributed by atoms with Crippen LogP contribution in [0.3, 0.4) is 0 Å². The molecule has 136 valence electrons. The van der Waals surface area contributed by atoms with E-state index < -0.39 is 0 Å². The number of ether oxygens (including phenoxy) is 1. The minimum atomic E-state index is 0.881. The first kappa shape index (κ1) is 20.8. The number of benzene rings is 2. The Bertz CT molecular complexity index is 775. The van der Waals surface area contributed by atoms with Crippen LogP contribution >= 0.6 is 0 Å². The minimum absolute atomic E-state index is 0.881. The van der Waals surface area contributed by atoms with E-state index in [1.54, 1.807) is 0 Å². The van der Waals surface area contributed by atoms with E-state index in [1.165, 1.54) is 18.4 Å². The molecule has 0 saturated heterocycles.